The molecule has 3 aromatic carbocycles. The van der Waals surface area contributed by atoms with Gasteiger partial charge in [-0.15, -0.1) is 0 Å². The van der Waals surface area contributed by atoms with Crippen molar-refractivity contribution in [1.29, 1.82) is 0 Å². The summed E-state index contributed by atoms with van der Waals surface area (Å²) in [5.41, 5.74) is 5.21. The number of ether oxygens (including phenoxy) is 1. The quantitative estimate of drug-likeness (QED) is 0.451. The highest BCUT2D eigenvalue weighted by Crippen LogP contribution is 2.38. The van der Waals surface area contributed by atoms with E-state index >= 15 is 0 Å². The highest BCUT2D eigenvalue weighted by molar-refractivity contribution is 6.37. The molecule has 0 saturated heterocycles. The number of halogens is 1. The number of methoxy groups -OCH3 is 1. The topological polar surface area (TPSA) is 82.7 Å². The van der Waals surface area contributed by atoms with E-state index in [1.54, 1.807) is 30.3 Å². The van der Waals surface area contributed by atoms with Gasteiger partial charge in [-0.2, -0.15) is 0 Å². The third-order valence-corrected chi connectivity index (χ3v) is 5.30. The van der Waals surface area contributed by atoms with Crippen LogP contribution in [0.2, 0.25) is 0 Å². The van der Waals surface area contributed by atoms with E-state index in [4.69, 9.17) is 0 Å². The third-order valence-electron chi connectivity index (χ3n) is 5.30. The van der Waals surface area contributed by atoms with Crippen molar-refractivity contribution in [1.82, 2.24) is 4.90 Å². The van der Waals surface area contributed by atoms with Gasteiger partial charge in [0, 0.05) is 23.5 Å². The summed E-state index contributed by atoms with van der Waals surface area (Å²) < 4.78 is 18.4. The average molecular weight is 461 g/mol. The summed E-state index contributed by atoms with van der Waals surface area (Å²) in [5, 5.41) is 8.73. The minimum atomic E-state index is -0.576. The van der Waals surface area contributed by atoms with E-state index in [1.807, 2.05) is 38.4 Å². The van der Waals surface area contributed by atoms with Gasteiger partial charge in [0.05, 0.1) is 24.1 Å². The number of amides is 2. The number of nitrogens with one attached hydrogen (secondary N) is 3. The predicted molar refractivity (Wildman–Crippen MR) is 132 cm³/mol. The summed E-state index contributed by atoms with van der Waals surface area (Å²) in [4.78, 5) is 26.6. The molecule has 0 spiro atoms. The van der Waals surface area contributed by atoms with Crippen molar-refractivity contribution in [2.45, 2.75) is 6.54 Å². The summed E-state index contributed by atoms with van der Waals surface area (Å²) in [5.74, 6) is -0.756. The van der Waals surface area contributed by atoms with Crippen molar-refractivity contribution in [2.24, 2.45) is 0 Å². The molecule has 0 aliphatic carbocycles. The Morgan fingerprint density at radius 3 is 2.26 bits per heavy atom. The van der Waals surface area contributed by atoms with Crippen molar-refractivity contribution >= 4 is 40.3 Å². The van der Waals surface area contributed by atoms with Crippen LogP contribution in [0.3, 0.4) is 0 Å². The minimum Gasteiger partial charge on any atom is -0.453 e. The smallest absolute Gasteiger partial charge is 0.411 e. The Morgan fingerprint density at radius 2 is 1.62 bits per heavy atom. The maximum Gasteiger partial charge on any atom is 0.411 e. The van der Waals surface area contributed by atoms with Crippen LogP contribution in [0.5, 0.6) is 0 Å². The lowest BCUT2D eigenvalue weighted by Crippen LogP contribution is -2.12. The van der Waals surface area contributed by atoms with Gasteiger partial charge in [-0.3, -0.25) is 10.1 Å². The molecule has 0 unspecified atom stereocenters. The molecule has 4 rings (SSSR count). The van der Waals surface area contributed by atoms with Crippen LogP contribution in [-0.4, -0.2) is 38.1 Å². The van der Waals surface area contributed by atoms with Crippen molar-refractivity contribution in [2.75, 3.05) is 37.2 Å². The Morgan fingerprint density at radius 1 is 0.971 bits per heavy atom. The Kier molecular flexibility index (Phi) is 6.60. The van der Waals surface area contributed by atoms with Gasteiger partial charge in [0.15, 0.2) is 0 Å². The number of anilines is 3. The van der Waals surface area contributed by atoms with Crippen molar-refractivity contribution < 1.29 is 18.7 Å². The first kappa shape index (κ1) is 23.0. The van der Waals surface area contributed by atoms with Crippen LogP contribution >= 0.6 is 0 Å². The summed E-state index contributed by atoms with van der Waals surface area (Å²) >= 11 is 0. The molecule has 1 aliphatic rings. The van der Waals surface area contributed by atoms with E-state index in [0.29, 0.717) is 28.2 Å². The molecule has 174 valence electrons. The zero-order chi connectivity index (χ0) is 24.2. The van der Waals surface area contributed by atoms with E-state index in [2.05, 4.69) is 25.6 Å². The van der Waals surface area contributed by atoms with Crippen LogP contribution in [0, 0.1) is 5.82 Å². The van der Waals surface area contributed by atoms with Gasteiger partial charge < -0.3 is 20.3 Å². The van der Waals surface area contributed by atoms with E-state index in [0.717, 1.165) is 23.4 Å². The molecule has 0 fully saturated rings. The molecular weight excluding hydrogens is 435 g/mol. The Balaban J connectivity index is 1.76. The zero-order valence-corrected chi connectivity index (χ0v) is 19.1. The second kappa shape index (κ2) is 9.76. The molecule has 0 atom stereocenters. The van der Waals surface area contributed by atoms with Crippen molar-refractivity contribution in [3.8, 4) is 0 Å². The van der Waals surface area contributed by atoms with Crippen LogP contribution in [0.25, 0.3) is 11.3 Å². The first-order valence-electron chi connectivity index (χ1n) is 10.7. The fourth-order valence-corrected chi connectivity index (χ4v) is 3.76. The Hall–Kier alpha value is -4.17. The maximum absolute atomic E-state index is 13.8. The molecule has 3 N–H and O–H groups in total. The van der Waals surface area contributed by atoms with Gasteiger partial charge >= 0.3 is 6.09 Å². The van der Waals surface area contributed by atoms with Crippen LogP contribution < -0.4 is 16.0 Å². The molecule has 2 amide bonds. The van der Waals surface area contributed by atoms with Gasteiger partial charge in [0.2, 0.25) is 0 Å². The molecule has 7 nitrogen and oxygen atoms in total. The summed E-state index contributed by atoms with van der Waals surface area (Å²) in [6.45, 7) is 0.810. The van der Waals surface area contributed by atoms with E-state index in [9.17, 15) is 14.0 Å². The van der Waals surface area contributed by atoms with Crippen LogP contribution in [0.15, 0.2) is 66.7 Å². The lowest BCUT2D eigenvalue weighted by Gasteiger charge is -2.16. The molecular formula is C26H25FN4O3. The standard InChI is InChI=1S/C26H25FN4O3/c1-31(2)15-16-4-9-19(10-5-16)28-24(17-6-11-20(12-7-17)29-26(33)34-3)23-21-13-8-18(27)14-22(21)30-25(23)32/h4-14,28H,15H2,1-3H3,(H,29,33)(H,30,32). The largest absolute Gasteiger partial charge is 0.453 e. The SMILES string of the molecule is COC(=O)Nc1ccc(C(Nc2ccc(CN(C)C)cc2)=C2C(=O)Nc3cc(F)ccc32)cc1. The first-order chi connectivity index (χ1) is 16.3. The number of hydrogen-bond donors (Lipinski definition) is 3. The highest BCUT2D eigenvalue weighted by Gasteiger charge is 2.28. The normalized spacial score (nSPS) is 13.9. The molecule has 0 bridgehead atoms. The lowest BCUT2D eigenvalue weighted by atomic mass is 9.99. The number of rotatable bonds is 6. The highest BCUT2D eigenvalue weighted by atomic mass is 19.1. The van der Waals surface area contributed by atoms with E-state index in [1.165, 1.54) is 19.2 Å². The second-order valence-electron chi connectivity index (χ2n) is 8.15. The van der Waals surface area contributed by atoms with Crippen LogP contribution in [0.1, 0.15) is 16.7 Å². The first-order valence-corrected chi connectivity index (χ1v) is 10.7. The van der Waals surface area contributed by atoms with E-state index in [-0.39, 0.29) is 5.91 Å². The lowest BCUT2D eigenvalue weighted by molar-refractivity contribution is -0.110. The minimum absolute atomic E-state index is 0.330. The molecule has 1 aliphatic heterocycles. The fourth-order valence-electron chi connectivity index (χ4n) is 3.76. The molecule has 8 heteroatoms. The molecule has 34 heavy (non-hydrogen) atoms. The number of nitrogens with zero attached hydrogens (tertiary/aromatic N) is 1. The molecule has 3 aromatic rings. The fraction of sp³-hybridized carbons (Fsp3) is 0.154. The van der Waals surface area contributed by atoms with Crippen LogP contribution in [0.4, 0.5) is 26.2 Å². The Labute approximate surface area is 197 Å². The number of carbonyl (C=O) groups excluding carboxylic acids is 2. The maximum atomic E-state index is 13.8. The van der Waals surface area contributed by atoms with Crippen molar-refractivity contribution in [3.05, 3.63) is 89.2 Å². The zero-order valence-electron chi connectivity index (χ0n) is 19.1. The monoisotopic (exact) mass is 460 g/mol. The third kappa shape index (κ3) is 5.07. The van der Waals surface area contributed by atoms with Crippen molar-refractivity contribution in [3.63, 3.8) is 0 Å². The van der Waals surface area contributed by atoms with Gasteiger partial charge in [-0.25, -0.2) is 9.18 Å². The van der Waals surface area contributed by atoms with Gasteiger partial charge in [0.25, 0.3) is 5.91 Å². The number of carbonyl (C=O) groups is 2. The average Bonchev–Trinajstić information content (AvgIpc) is 3.13. The molecule has 0 radical (unpaired) electrons. The van der Waals surface area contributed by atoms with Gasteiger partial charge in [0.1, 0.15) is 5.82 Å². The Bertz CT molecular complexity index is 1250. The molecule has 1 heterocycles. The number of hydrogen-bond acceptors (Lipinski definition) is 5. The predicted octanol–water partition coefficient (Wildman–Crippen LogP) is 5.00. The number of benzene rings is 3. The second-order valence-corrected chi connectivity index (χ2v) is 8.15. The van der Waals surface area contributed by atoms with Crippen LogP contribution in [-0.2, 0) is 16.1 Å². The van der Waals surface area contributed by atoms with E-state index < -0.39 is 11.9 Å². The van der Waals surface area contributed by atoms with Gasteiger partial charge in [-0.1, -0.05) is 24.3 Å². The summed E-state index contributed by atoms with van der Waals surface area (Å²) in [7, 11) is 5.30. The summed E-state index contributed by atoms with van der Waals surface area (Å²) in [6.07, 6.45) is -0.576. The molecule has 0 saturated carbocycles. The number of fused-ring (bicyclic) bond motifs is 1. The summed E-state index contributed by atoms with van der Waals surface area (Å²) in [6, 6.07) is 19.2. The molecule has 0 aromatic heterocycles. The van der Waals surface area contributed by atoms with Gasteiger partial charge in [-0.05, 0) is 67.7 Å².